The van der Waals surface area contributed by atoms with E-state index in [-0.39, 0.29) is 11.3 Å². The number of rotatable bonds is 2. The van der Waals surface area contributed by atoms with Crippen LogP contribution in [0.2, 0.25) is 0 Å². The van der Waals surface area contributed by atoms with E-state index in [1.54, 1.807) is 0 Å². The molecule has 0 aromatic heterocycles. The first-order chi connectivity index (χ1) is 7.10. The molecule has 6 heteroatoms. The maximum Gasteiger partial charge on any atom is 0.227 e. The molecule has 0 saturated heterocycles. The van der Waals surface area contributed by atoms with Crippen LogP contribution in [0.4, 0.5) is 0 Å². The van der Waals surface area contributed by atoms with E-state index in [4.69, 9.17) is 20.7 Å². The summed E-state index contributed by atoms with van der Waals surface area (Å²) in [5, 5.41) is 37.3. The molecule has 0 spiro atoms. The van der Waals surface area contributed by atoms with Crippen molar-refractivity contribution < 1.29 is 20.2 Å². The van der Waals surface area contributed by atoms with E-state index in [9.17, 15) is 4.79 Å². The highest BCUT2D eigenvalue weighted by Gasteiger charge is 2.15. The summed E-state index contributed by atoms with van der Waals surface area (Å²) in [5.74, 6) is -1.71. The lowest BCUT2D eigenvalue weighted by atomic mass is 10.1. The first-order valence-electron chi connectivity index (χ1n) is 3.79. The van der Waals surface area contributed by atoms with Gasteiger partial charge in [-0.25, -0.2) is 0 Å². The highest BCUT2D eigenvalue weighted by Crippen LogP contribution is 2.25. The number of benzene rings is 1. The van der Waals surface area contributed by atoms with Crippen LogP contribution in [0.1, 0.15) is 10.4 Å². The van der Waals surface area contributed by atoms with Gasteiger partial charge >= 0.3 is 0 Å². The number of hydrogen-bond acceptors (Lipinski definition) is 6. The van der Waals surface area contributed by atoms with E-state index in [1.165, 1.54) is 12.1 Å². The van der Waals surface area contributed by atoms with Gasteiger partial charge in [-0.1, -0.05) is 5.16 Å². The number of ketones is 1. The minimum atomic E-state index is -0.838. The molecule has 0 saturated carbocycles. The van der Waals surface area contributed by atoms with E-state index >= 15 is 0 Å². The van der Waals surface area contributed by atoms with Crippen LogP contribution in [0.3, 0.4) is 0 Å². The summed E-state index contributed by atoms with van der Waals surface area (Å²) in [6.45, 7) is 0. The maximum atomic E-state index is 11.4. The molecule has 0 bridgehead atoms. The molecule has 1 aromatic rings. The highest BCUT2D eigenvalue weighted by molar-refractivity contribution is 6.51. The second-order valence-corrected chi connectivity index (χ2v) is 2.59. The number of phenolic OH excluding ortho intramolecular Hbond substituents is 2. The number of Topliss-reactive ketones (excluding diaryl/α,β-unsaturated/α-hetero) is 1. The fourth-order valence-corrected chi connectivity index (χ4v) is 0.920. The van der Waals surface area contributed by atoms with E-state index in [0.717, 1.165) is 12.1 Å². The van der Waals surface area contributed by atoms with Crippen LogP contribution in [0.25, 0.3) is 0 Å². The minimum Gasteiger partial charge on any atom is -0.504 e. The predicted octanol–water partition coefficient (Wildman–Crippen LogP) is 0.634. The van der Waals surface area contributed by atoms with Crippen LogP contribution in [0.5, 0.6) is 11.5 Å². The van der Waals surface area contributed by atoms with E-state index < -0.39 is 17.2 Å². The van der Waals surface area contributed by atoms with Gasteiger partial charge in [0, 0.05) is 5.56 Å². The van der Waals surface area contributed by atoms with Crippen molar-refractivity contribution in [3.63, 3.8) is 0 Å². The minimum absolute atomic E-state index is 0.0559. The molecule has 0 heterocycles. The maximum absolute atomic E-state index is 11.4. The Kier molecular flexibility index (Phi) is 2.88. The Balaban J connectivity index is 3.14. The number of aromatic hydroxyl groups is 2. The van der Waals surface area contributed by atoms with Crippen LogP contribution in [0.15, 0.2) is 23.4 Å². The SMILES string of the molecule is N#CC(=NO)C(=O)c1ccc(O)c(O)c1. The molecule has 0 atom stereocenters. The molecule has 0 unspecified atom stereocenters. The van der Waals surface area contributed by atoms with Crippen molar-refractivity contribution in [1.82, 2.24) is 0 Å². The standard InChI is InChI=1S/C9H6N2O4/c10-4-6(11-15)9(14)5-1-2-7(12)8(13)3-5/h1-3,12-13,15H. The Hall–Kier alpha value is -2.55. The van der Waals surface area contributed by atoms with Crippen molar-refractivity contribution in [2.45, 2.75) is 0 Å². The number of phenols is 2. The molecule has 1 rings (SSSR count). The van der Waals surface area contributed by atoms with Crippen LogP contribution in [0, 0.1) is 11.3 Å². The van der Waals surface area contributed by atoms with Gasteiger partial charge in [-0.05, 0) is 18.2 Å². The van der Waals surface area contributed by atoms with E-state index in [2.05, 4.69) is 5.16 Å². The largest absolute Gasteiger partial charge is 0.504 e. The molecule has 3 N–H and O–H groups in total. The molecule has 0 aliphatic heterocycles. The summed E-state index contributed by atoms with van der Waals surface area (Å²) in [6.07, 6.45) is 0. The van der Waals surface area contributed by atoms with Gasteiger partial charge in [0.05, 0.1) is 0 Å². The number of nitrogens with zero attached hydrogens (tertiary/aromatic N) is 2. The molecule has 6 nitrogen and oxygen atoms in total. The molecule has 1 aromatic carbocycles. The fraction of sp³-hybridized carbons (Fsp3) is 0. The third-order valence-corrected chi connectivity index (χ3v) is 1.66. The summed E-state index contributed by atoms with van der Waals surface area (Å²) in [7, 11) is 0. The summed E-state index contributed by atoms with van der Waals surface area (Å²) in [6, 6.07) is 4.65. The zero-order valence-electron chi connectivity index (χ0n) is 7.38. The lowest BCUT2D eigenvalue weighted by molar-refractivity contribution is 0.106. The van der Waals surface area contributed by atoms with Crippen molar-refractivity contribution in [1.29, 1.82) is 5.26 Å². The van der Waals surface area contributed by atoms with Gasteiger partial charge in [0.25, 0.3) is 0 Å². The van der Waals surface area contributed by atoms with E-state index in [1.807, 2.05) is 0 Å². The molecule has 0 aliphatic rings. The zero-order chi connectivity index (χ0) is 11.4. The summed E-state index contributed by atoms with van der Waals surface area (Å²) >= 11 is 0. The Morgan fingerprint density at radius 2 is 2.00 bits per heavy atom. The summed E-state index contributed by atoms with van der Waals surface area (Å²) in [4.78, 5) is 11.4. The van der Waals surface area contributed by atoms with Crippen molar-refractivity contribution in [3.05, 3.63) is 23.8 Å². The molecular formula is C9H6N2O4. The van der Waals surface area contributed by atoms with Crippen LogP contribution in [-0.4, -0.2) is 26.9 Å². The lowest BCUT2D eigenvalue weighted by Crippen LogP contribution is -2.11. The molecule has 0 radical (unpaired) electrons. The van der Waals surface area contributed by atoms with Crippen LogP contribution >= 0.6 is 0 Å². The second kappa shape index (κ2) is 4.11. The lowest BCUT2D eigenvalue weighted by Gasteiger charge is -2.00. The van der Waals surface area contributed by atoms with E-state index in [0.29, 0.717) is 0 Å². The molecule has 0 amide bonds. The number of carbonyl (C=O) groups excluding carboxylic acids is 1. The molecule has 0 fully saturated rings. The van der Waals surface area contributed by atoms with Crippen molar-refractivity contribution in [2.24, 2.45) is 5.16 Å². The Morgan fingerprint density at radius 3 is 2.47 bits per heavy atom. The summed E-state index contributed by atoms with van der Waals surface area (Å²) < 4.78 is 0. The average molecular weight is 206 g/mol. The molecular weight excluding hydrogens is 200 g/mol. The predicted molar refractivity (Wildman–Crippen MR) is 48.9 cm³/mol. The van der Waals surface area contributed by atoms with Gasteiger partial charge in [-0.3, -0.25) is 4.79 Å². The first-order valence-corrected chi connectivity index (χ1v) is 3.79. The number of hydrogen-bond donors (Lipinski definition) is 3. The molecule has 15 heavy (non-hydrogen) atoms. The van der Waals surface area contributed by atoms with Gasteiger partial charge < -0.3 is 15.4 Å². The van der Waals surface area contributed by atoms with Crippen molar-refractivity contribution in [2.75, 3.05) is 0 Å². The van der Waals surface area contributed by atoms with Gasteiger partial charge in [0.15, 0.2) is 11.5 Å². The molecule has 76 valence electrons. The van der Waals surface area contributed by atoms with Crippen molar-refractivity contribution in [3.8, 4) is 17.6 Å². The topological polar surface area (TPSA) is 114 Å². The Labute approximate surface area is 84.3 Å². The fourth-order valence-electron chi connectivity index (χ4n) is 0.920. The number of nitriles is 1. The highest BCUT2D eigenvalue weighted by atomic mass is 16.4. The van der Waals surface area contributed by atoms with Gasteiger partial charge in [0.1, 0.15) is 6.07 Å². The molecule has 0 aliphatic carbocycles. The van der Waals surface area contributed by atoms with Crippen LogP contribution in [-0.2, 0) is 0 Å². The van der Waals surface area contributed by atoms with Gasteiger partial charge in [-0.2, -0.15) is 5.26 Å². The first kappa shape index (κ1) is 10.5. The third-order valence-electron chi connectivity index (χ3n) is 1.66. The Bertz CT molecular complexity index is 473. The third kappa shape index (κ3) is 2.03. The quantitative estimate of drug-likeness (QED) is 0.216. The van der Waals surface area contributed by atoms with Crippen LogP contribution < -0.4 is 0 Å². The van der Waals surface area contributed by atoms with Gasteiger partial charge in [-0.15, -0.1) is 0 Å². The average Bonchev–Trinajstić information content (AvgIpc) is 2.23. The normalized spacial score (nSPS) is 10.7. The van der Waals surface area contributed by atoms with Gasteiger partial charge in [0.2, 0.25) is 11.5 Å². The second-order valence-electron chi connectivity index (χ2n) is 2.59. The smallest absolute Gasteiger partial charge is 0.227 e. The zero-order valence-corrected chi connectivity index (χ0v) is 7.38. The van der Waals surface area contributed by atoms with Crippen molar-refractivity contribution >= 4 is 11.5 Å². The monoisotopic (exact) mass is 206 g/mol. The number of oxime groups is 1. The summed E-state index contributed by atoms with van der Waals surface area (Å²) in [5.41, 5.74) is -0.750. The number of carbonyl (C=O) groups is 1. The Morgan fingerprint density at radius 1 is 1.33 bits per heavy atom.